The van der Waals surface area contributed by atoms with Crippen molar-refractivity contribution in [2.45, 2.75) is 25.4 Å². The second-order valence-electron chi connectivity index (χ2n) is 4.62. The third kappa shape index (κ3) is 2.52. The zero-order valence-electron chi connectivity index (χ0n) is 10.3. The largest absolute Gasteiger partial charge is 0.488 e. The lowest BCUT2D eigenvalue weighted by atomic mass is 9.96. The minimum Gasteiger partial charge on any atom is -0.488 e. The van der Waals surface area contributed by atoms with Crippen molar-refractivity contribution in [3.8, 4) is 5.75 Å². The SMILES string of the molecule is CN(C)C(=O)c1ccc(N)c(OC2CCC2)c1. The Bertz CT molecular complexity index is 425. The van der Waals surface area contributed by atoms with E-state index in [1.165, 1.54) is 6.42 Å². The monoisotopic (exact) mass is 234 g/mol. The Labute approximate surface area is 101 Å². The average molecular weight is 234 g/mol. The van der Waals surface area contributed by atoms with Gasteiger partial charge in [0.2, 0.25) is 0 Å². The summed E-state index contributed by atoms with van der Waals surface area (Å²) < 4.78 is 5.76. The molecule has 17 heavy (non-hydrogen) atoms. The molecule has 0 atom stereocenters. The van der Waals surface area contributed by atoms with Crippen molar-refractivity contribution in [3.05, 3.63) is 23.8 Å². The van der Waals surface area contributed by atoms with E-state index in [0.717, 1.165) is 12.8 Å². The van der Waals surface area contributed by atoms with Crippen molar-refractivity contribution in [1.29, 1.82) is 0 Å². The molecule has 1 saturated carbocycles. The average Bonchev–Trinajstić information content (AvgIpc) is 2.24. The molecule has 1 amide bonds. The van der Waals surface area contributed by atoms with E-state index in [9.17, 15) is 4.79 Å². The zero-order valence-corrected chi connectivity index (χ0v) is 10.3. The van der Waals surface area contributed by atoms with Gasteiger partial charge in [-0.25, -0.2) is 0 Å². The van der Waals surface area contributed by atoms with Gasteiger partial charge < -0.3 is 15.4 Å². The predicted molar refractivity (Wildman–Crippen MR) is 67.1 cm³/mol. The quantitative estimate of drug-likeness (QED) is 0.813. The fourth-order valence-corrected chi connectivity index (χ4v) is 1.70. The van der Waals surface area contributed by atoms with Crippen LogP contribution in [0.1, 0.15) is 29.6 Å². The van der Waals surface area contributed by atoms with E-state index in [0.29, 0.717) is 17.0 Å². The van der Waals surface area contributed by atoms with Crippen LogP contribution in [0.4, 0.5) is 5.69 Å². The van der Waals surface area contributed by atoms with Crippen LogP contribution in [0.2, 0.25) is 0 Å². The van der Waals surface area contributed by atoms with E-state index in [4.69, 9.17) is 10.5 Å². The maximum absolute atomic E-state index is 11.8. The lowest BCUT2D eigenvalue weighted by Crippen LogP contribution is -2.25. The zero-order chi connectivity index (χ0) is 12.4. The van der Waals surface area contributed by atoms with Gasteiger partial charge in [0.25, 0.3) is 5.91 Å². The number of rotatable bonds is 3. The van der Waals surface area contributed by atoms with E-state index in [1.807, 2.05) is 0 Å². The summed E-state index contributed by atoms with van der Waals surface area (Å²) in [7, 11) is 3.45. The fourth-order valence-electron chi connectivity index (χ4n) is 1.70. The number of amides is 1. The maximum Gasteiger partial charge on any atom is 0.253 e. The Morgan fingerprint density at radius 1 is 1.41 bits per heavy atom. The first-order chi connectivity index (χ1) is 8.08. The van der Waals surface area contributed by atoms with Crippen LogP contribution in [0.15, 0.2) is 18.2 Å². The number of ether oxygens (including phenoxy) is 1. The molecule has 1 fully saturated rings. The number of nitrogens with zero attached hydrogens (tertiary/aromatic N) is 1. The number of nitrogens with two attached hydrogens (primary N) is 1. The minimum absolute atomic E-state index is 0.0385. The first-order valence-corrected chi connectivity index (χ1v) is 5.86. The molecule has 2 rings (SSSR count). The molecule has 2 N–H and O–H groups in total. The molecule has 1 aliphatic carbocycles. The van der Waals surface area contributed by atoms with Gasteiger partial charge >= 0.3 is 0 Å². The summed E-state index contributed by atoms with van der Waals surface area (Å²) in [5.41, 5.74) is 7.04. The van der Waals surface area contributed by atoms with Gasteiger partial charge in [0.05, 0.1) is 11.8 Å². The highest BCUT2D eigenvalue weighted by molar-refractivity contribution is 5.94. The molecule has 4 nitrogen and oxygen atoms in total. The third-order valence-corrected chi connectivity index (χ3v) is 3.01. The van der Waals surface area contributed by atoms with Gasteiger partial charge in [-0.2, -0.15) is 0 Å². The minimum atomic E-state index is -0.0385. The first-order valence-electron chi connectivity index (χ1n) is 5.86. The van der Waals surface area contributed by atoms with Gasteiger partial charge in [0, 0.05) is 19.7 Å². The Morgan fingerprint density at radius 3 is 2.65 bits per heavy atom. The molecule has 1 aromatic rings. The summed E-state index contributed by atoms with van der Waals surface area (Å²) in [6, 6.07) is 5.19. The van der Waals surface area contributed by atoms with E-state index >= 15 is 0 Å². The Kier molecular flexibility index (Phi) is 3.22. The number of carbonyl (C=O) groups is 1. The summed E-state index contributed by atoms with van der Waals surface area (Å²) in [4.78, 5) is 13.3. The highest BCUT2D eigenvalue weighted by Gasteiger charge is 2.20. The van der Waals surface area contributed by atoms with Gasteiger partial charge in [0.15, 0.2) is 0 Å². The topological polar surface area (TPSA) is 55.6 Å². The standard InChI is InChI=1S/C13H18N2O2/c1-15(2)13(16)9-6-7-11(14)12(8-9)17-10-4-3-5-10/h6-8,10H,3-5,14H2,1-2H3. The summed E-state index contributed by atoms with van der Waals surface area (Å²) in [5, 5.41) is 0. The van der Waals surface area contributed by atoms with Gasteiger partial charge in [-0.15, -0.1) is 0 Å². The molecule has 0 bridgehead atoms. The van der Waals surface area contributed by atoms with Gasteiger partial charge in [-0.1, -0.05) is 0 Å². The summed E-state index contributed by atoms with van der Waals surface area (Å²) in [6.45, 7) is 0. The smallest absolute Gasteiger partial charge is 0.253 e. The summed E-state index contributed by atoms with van der Waals surface area (Å²) >= 11 is 0. The van der Waals surface area contributed by atoms with Crippen LogP contribution in [0.3, 0.4) is 0 Å². The van der Waals surface area contributed by atoms with Gasteiger partial charge in [0.1, 0.15) is 5.75 Å². The number of hydrogen-bond acceptors (Lipinski definition) is 3. The van der Waals surface area contributed by atoms with Gasteiger partial charge in [-0.05, 0) is 37.5 Å². The van der Waals surface area contributed by atoms with Crippen LogP contribution in [-0.4, -0.2) is 31.0 Å². The Hall–Kier alpha value is -1.71. The molecule has 0 radical (unpaired) electrons. The van der Waals surface area contributed by atoms with E-state index in [1.54, 1.807) is 37.2 Å². The van der Waals surface area contributed by atoms with Crippen molar-refractivity contribution in [1.82, 2.24) is 4.90 Å². The number of hydrogen-bond donors (Lipinski definition) is 1. The Morgan fingerprint density at radius 2 is 2.12 bits per heavy atom. The molecule has 92 valence electrons. The fraction of sp³-hybridized carbons (Fsp3) is 0.462. The van der Waals surface area contributed by atoms with Crippen molar-refractivity contribution < 1.29 is 9.53 Å². The van der Waals surface area contributed by atoms with Crippen LogP contribution in [0.25, 0.3) is 0 Å². The number of nitrogen functional groups attached to an aromatic ring is 1. The third-order valence-electron chi connectivity index (χ3n) is 3.01. The molecule has 0 spiro atoms. The van der Waals surface area contributed by atoms with Gasteiger partial charge in [-0.3, -0.25) is 4.79 Å². The van der Waals surface area contributed by atoms with Crippen LogP contribution < -0.4 is 10.5 Å². The molecule has 0 unspecified atom stereocenters. The van der Waals surface area contributed by atoms with E-state index in [2.05, 4.69) is 0 Å². The molecule has 4 heteroatoms. The number of anilines is 1. The molecule has 0 aliphatic heterocycles. The molecule has 1 aliphatic rings. The van der Waals surface area contributed by atoms with E-state index in [-0.39, 0.29) is 12.0 Å². The van der Waals surface area contributed by atoms with Crippen LogP contribution in [-0.2, 0) is 0 Å². The maximum atomic E-state index is 11.8. The van der Waals surface area contributed by atoms with Crippen molar-refractivity contribution >= 4 is 11.6 Å². The molecule has 0 saturated heterocycles. The summed E-state index contributed by atoms with van der Waals surface area (Å²) in [5.74, 6) is 0.589. The van der Waals surface area contributed by atoms with Crippen molar-refractivity contribution in [2.75, 3.05) is 19.8 Å². The number of benzene rings is 1. The molecule has 0 heterocycles. The normalized spacial score (nSPS) is 15.2. The van der Waals surface area contributed by atoms with Crippen LogP contribution in [0.5, 0.6) is 5.75 Å². The first kappa shape index (κ1) is 11.8. The molecular formula is C13H18N2O2. The van der Waals surface area contributed by atoms with Crippen LogP contribution >= 0.6 is 0 Å². The van der Waals surface area contributed by atoms with Crippen molar-refractivity contribution in [3.63, 3.8) is 0 Å². The second-order valence-corrected chi connectivity index (χ2v) is 4.62. The highest BCUT2D eigenvalue weighted by Crippen LogP contribution is 2.30. The molecule has 1 aromatic carbocycles. The van der Waals surface area contributed by atoms with E-state index < -0.39 is 0 Å². The summed E-state index contributed by atoms with van der Waals surface area (Å²) in [6.07, 6.45) is 3.62. The highest BCUT2D eigenvalue weighted by atomic mass is 16.5. The lowest BCUT2D eigenvalue weighted by molar-refractivity contribution is 0.0825. The Balaban J connectivity index is 2.19. The van der Waals surface area contributed by atoms with Crippen molar-refractivity contribution in [2.24, 2.45) is 0 Å². The number of carbonyl (C=O) groups excluding carboxylic acids is 1. The predicted octanol–water partition coefficient (Wildman–Crippen LogP) is 1.90. The molecule has 0 aromatic heterocycles. The molecular weight excluding hydrogens is 216 g/mol. The lowest BCUT2D eigenvalue weighted by Gasteiger charge is -2.27. The second kappa shape index (κ2) is 4.65. The van der Waals surface area contributed by atoms with Crippen LogP contribution in [0, 0.1) is 0 Å².